The van der Waals surface area contributed by atoms with Gasteiger partial charge in [-0.3, -0.25) is 9.97 Å². The number of fused-ring (bicyclic) bond motifs is 1. The highest BCUT2D eigenvalue weighted by molar-refractivity contribution is 5.84. The third-order valence-electron chi connectivity index (χ3n) is 3.49. The average Bonchev–Trinajstić information content (AvgIpc) is 2.53. The van der Waals surface area contributed by atoms with Gasteiger partial charge >= 0.3 is 0 Å². The molecule has 100 valence electrons. The van der Waals surface area contributed by atoms with E-state index in [1.165, 1.54) is 0 Å². The van der Waals surface area contributed by atoms with E-state index in [0.717, 1.165) is 28.3 Å². The minimum Gasteiger partial charge on any atom is -0.388 e. The smallest absolute Gasteiger partial charge is 0.0814 e. The van der Waals surface area contributed by atoms with Gasteiger partial charge in [-0.25, -0.2) is 0 Å². The summed E-state index contributed by atoms with van der Waals surface area (Å²) < 4.78 is 0. The Balaban J connectivity index is 1.80. The molecule has 2 heterocycles. The Morgan fingerprint density at radius 1 is 0.950 bits per heavy atom. The molecule has 1 unspecified atom stereocenters. The van der Waals surface area contributed by atoms with Crippen molar-refractivity contribution in [3.63, 3.8) is 0 Å². The van der Waals surface area contributed by atoms with Gasteiger partial charge in [0, 0.05) is 35.7 Å². The molecule has 3 rings (SSSR count). The molecule has 0 spiro atoms. The first-order chi connectivity index (χ1) is 9.84. The molecule has 0 fully saturated rings. The maximum atomic E-state index is 10.4. The number of hydrogen-bond acceptors (Lipinski definition) is 3. The van der Waals surface area contributed by atoms with Gasteiger partial charge in [0.1, 0.15) is 0 Å². The zero-order chi connectivity index (χ0) is 13.8. The lowest BCUT2D eigenvalue weighted by Gasteiger charge is -2.13. The summed E-state index contributed by atoms with van der Waals surface area (Å²) in [6.45, 7) is 0. The van der Waals surface area contributed by atoms with E-state index in [-0.39, 0.29) is 0 Å². The van der Waals surface area contributed by atoms with Crippen LogP contribution in [0.15, 0.2) is 61.2 Å². The van der Waals surface area contributed by atoms with Gasteiger partial charge < -0.3 is 5.11 Å². The van der Waals surface area contributed by atoms with Crippen LogP contribution in [0.3, 0.4) is 0 Å². The van der Waals surface area contributed by atoms with Gasteiger partial charge in [-0.1, -0.05) is 30.3 Å². The van der Waals surface area contributed by atoms with Crippen LogP contribution in [0.4, 0.5) is 0 Å². The van der Waals surface area contributed by atoms with Crippen LogP contribution in [-0.2, 0) is 6.42 Å². The number of aliphatic hydroxyl groups is 1. The standard InChI is InChI=1S/C17H16N2O/c20-17(8-7-13-4-3-9-18-10-13)16-12-19-11-14-5-1-2-6-15(14)16/h1-6,9-12,17,20H,7-8H2. The number of nitrogens with zero attached hydrogens (tertiary/aromatic N) is 2. The van der Waals surface area contributed by atoms with Crippen LogP contribution in [0, 0.1) is 0 Å². The highest BCUT2D eigenvalue weighted by Gasteiger charge is 2.11. The van der Waals surface area contributed by atoms with Crippen molar-refractivity contribution in [2.75, 3.05) is 0 Å². The molecule has 0 aliphatic rings. The minimum atomic E-state index is -0.506. The van der Waals surface area contributed by atoms with E-state index >= 15 is 0 Å². The zero-order valence-electron chi connectivity index (χ0n) is 11.1. The molecule has 1 N–H and O–H groups in total. The summed E-state index contributed by atoms with van der Waals surface area (Å²) in [7, 11) is 0. The predicted octanol–water partition coefficient (Wildman–Crippen LogP) is 3.30. The second-order valence-corrected chi connectivity index (χ2v) is 4.87. The molecule has 0 amide bonds. The van der Waals surface area contributed by atoms with Crippen LogP contribution in [0.25, 0.3) is 10.8 Å². The van der Waals surface area contributed by atoms with E-state index in [0.29, 0.717) is 6.42 Å². The largest absolute Gasteiger partial charge is 0.388 e. The van der Waals surface area contributed by atoms with Gasteiger partial charge in [-0.15, -0.1) is 0 Å². The van der Waals surface area contributed by atoms with E-state index in [9.17, 15) is 5.11 Å². The van der Waals surface area contributed by atoms with Crippen molar-refractivity contribution >= 4 is 10.8 Å². The number of aromatic nitrogens is 2. The van der Waals surface area contributed by atoms with E-state index in [4.69, 9.17) is 0 Å². The fourth-order valence-corrected chi connectivity index (χ4v) is 2.41. The summed E-state index contributed by atoms with van der Waals surface area (Å²) in [5.41, 5.74) is 2.03. The molecule has 0 aliphatic carbocycles. The molecule has 20 heavy (non-hydrogen) atoms. The Morgan fingerprint density at radius 2 is 1.85 bits per heavy atom. The lowest BCUT2D eigenvalue weighted by Crippen LogP contribution is -2.01. The Labute approximate surface area is 117 Å². The third kappa shape index (κ3) is 2.68. The zero-order valence-corrected chi connectivity index (χ0v) is 11.1. The molecule has 0 aliphatic heterocycles. The molecule has 3 nitrogen and oxygen atoms in total. The predicted molar refractivity (Wildman–Crippen MR) is 79.3 cm³/mol. The van der Waals surface area contributed by atoms with E-state index in [1.807, 2.05) is 48.8 Å². The maximum Gasteiger partial charge on any atom is 0.0814 e. The molecular weight excluding hydrogens is 248 g/mol. The lowest BCUT2D eigenvalue weighted by molar-refractivity contribution is 0.169. The minimum absolute atomic E-state index is 0.506. The Kier molecular flexibility index (Phi) is 3.70. The van der Waals surface area contributed by atoms with Crippen molar-refractivity contribution in [2.24, 2.45) is 0 Å². The van der Waals surface area contributed by atoms with Gasteiger partial charge in [0.25, 0.3) is 0 Å². The summed E-state index contributed by atoms with van der Waals surface area (Å²) >= 11 is 0. The van der Waals surface area contributed by atoms with Crippen molar-refractivity contribution in [2.45, 2.75) is 18.9 Å². The molecule has 0 saturated carbocycles. The quantitative estimate of drug-likeness (QED) is 0.786. The fourth-order valence-electron chi connectivity index (χ4n) is 2.41. The first kappa shape index (κ1) is 12.8. The number of pyridine rings is 2. The number of hydrogen-bond donors (Lipinski definition) is 1. The van der Waals surface area contributed by atoms with Crippen LogP contribution in [0.1, 0.15) is 23.7 Å². The van der Waals surface area contributed by atoms with E-state index < -0.39 is 6.10 Å². The van der Waals surface area contributed by atoms with Gasteiger partial charge in [0.2, 0.25) is 0 Å². The van der Waals surface area contributed by atoms with Gasteiger partial charge in [-0.05, 0) is 29.9 Å². The van der Waals surface area contributed by atoms with Gasteiger partial charge in [0.15, 0.2) is 0 Å². The molecule has 3 heteroatoms. The lowest BCUT2D eigenvalue weighted by atomic mass is 9.99. The van der Waals surface area contributed by atoms with Crippen LogP contribution in [0.2, 0.25) is 0 Å². The number of rotatable bonds is 4. The monoisotopic (exact) mass is 264 g/mol. The van der Waals surface area contributed by atoms with Crippen LogP contribution in [-0.4, -0.2) is 15.1 Å². The normalized spacial score (nSPS) is 12.4. The summed E-state index contributed by atoms with van der Waals surface area (Å²) in [4.78, 5) is 8.31. The molecular formula is C17H16N2O. The summed E-state index contributed by atoms with van der Waals surface area (Å²) in [5.74, 6) is 0. The Morgan fingerprint density at radius 3 is 2.70 bits per heavy atom. The molecule has 0 saturated heterocycles. The second-order valence-electron chi connectivity index (χ2n) is 4.87. The highest BCUT2D eigenvalue weighted by Crippen LogP contribution is 2.26. The third-order valence-corrected chi connectivity index (χ3v) is 3.49. The van der Waals surface area contributed by atoms with Crippen molar-refractivity contribution in [1.82, 2.24) is 9.97 Å². The molecule has 0 bridgehead atoms. The summed E-state index contributed by atoms with van der Waals surface area (Å²) in [5, 5.41) is 12.6. The summed E-state index contributed by atoms with van der Waals surface area (Å²) in [6.07, 6.45) is 8.15. The van der Waals surface area contributed by atoms with Crippen LogP contribution in [0.5, 0.6) is 0 Å². The van der Waals surface area contributed by atoms with Crippen molar-refractivity contribution in [3.05, 3.63) is 72.3 Å². The van der Waals surface area contributed by atoms with Crippen molar-refractivity contribution in [3.8, 4) is 0 Å². The van der Waals surface area contributed by atoms with Gasteiger partial charge in [0.05, 0.1) is 6.10 Å². The van der Waals surface area contributed by atoms with E-state index in [1.54, 1.807) is 12.4 Å². The topological polar surface area (TPSA) is 46.0 Å². The Hall–Kier alpha value is -2.26. The molecule has 0 radical (unpaired) electrons. The molecule has 2 aromatic heterocycles. The molecule has 1 aromatic carbocycles. The highest BCUT2D eigenvalue weighted by atomic mass is 16.3. The molecule has 1 atom stereocenters. The number of aliphatic hydroxyl groups excluding tert-OH is 1. The number of aryl methyl sites for hydroxylation is 1. The van der Waals surface area contributed by atoms with Crippen molar-refractivity contribution < 1.29 is 5.11 Å². The Bertz CT molecular complexity index is 692. The number of benzene rings is 1. The maximum absolute atomic E-state index is 10.4. The second kappa shape index (κ2) is 5.80. The average molecular weight is 264 g/mol. The van der Waals surface area contributed by atoms with Crippen LogP contribution < -0.4 is 0 Å². The van der Waals surface area contributed by atoms with Gasteiger partial charge in [-0.2, -0.15) is 0 Å². The summed E-state index contributed by atoms with van der Waals surface area (Å²) in [6, 6.07) is 12.0. The van der Waals surface area contributed by atoms with E-state index in [2.05, 4.69) is 9.97 Å². The van der Waals surface area contributed by atoms with Crippen LogP contribution >= 0.6 is 0 Å². The first-order valence-corrected chi connectivity index (χ1v) is 6.74. The first-order valence-electron chi connectivity index (χ1n) is 6.74. The SMILES string of the molecule is OC(CCc1cccnc1)c1cncc2ccccc12. The fraction of sp³-hybridized carbons (Fsp3) is 0.176. The molecule has 3 aromatic rings. The van der Waals surface area contributed by atoms with Crippen molar-refractivity contribution in [1.29, 1.82) is 0 Å².